The zero-order chi connectivity index (χ0) is 23.0. The molecule has 2 aromatic carbocycles. The van der Waals surface area contributed by atoms with Crippen LogP contribution in [0.15, 0.2) is 53.9 Å². The summed E-state index contributed by atoms with van der Waals surface area (Å²) >= 11 is 0. The second kappa shape index (κ2) is 10.5. The van der Waals surface area contributed by atoms with E-state index in [0.717, 1.165) is 18.2 Å². The van der Waals surface area contributed by atoms with Gasteiger partial charge in [-0.1, -0.05) is 6.08 Å². The molecule has 0 aliphatic heterocycles. The lowest BCUT2D eigenvalue weighted by Gasteiger charge is -2.12. The van der Waals surface area contributed by atoms with Crippen LogP contribution in [0.25, 0.3) is 0 Å². The molecule has 0 fully saturated rings. The zero-order valence-corrected chi connectivity index (χ0v) is 17.7. The number of methoxy groups -OCH3 is 1. The fourth-order valence-electron chi connectivity index (χ4n) is 2.44. The minimum Gasteiger partial charge on any atom is -0.493 e. The van der Waals surface area contributed by atoms with Crippen molar-refractivity contribution >= 4 is 21.8 Å². The van der Waals surface area contributed by atoms with Crippen LogP contribution < -0.4 is 25.0 Å². The van der Waals surface area contributed by atoms with Gasteiger partial charge in [0.05, 0.1) is 13.7 Å². The van der Waals surface area contributed by atoms with Crippen LogP contribution in [0.2, 0.25) is 0 Å². The summed E-state index contributed by atoms with van der Waals surface area (Å²) in [6, 6.07) is 7.25. The maximum Gasteiger partial charge on any atom is 0.269 e. The molecule has 2 amide bonds. The molecule has 2 rings (SSSR count). The van der Waals surface area contributed by atoms with E-state index in [0.29, 0.717) is 18.1 Å². The van der Waals surface area contributed by atoms with Gasteiger partial charge in [-0.05, 0) is 43.3 Å². The summed E-state index contributed by atoms with van der Waals surface area (Å²) < 4.78 is 50.9. The molecule has 0 aliphatic carbocycles. The Labute approximate surface area is 179 Å². The third-order valence-corrected chi connectivity index (χ3v) is 5.35. The standard InChI is InChI=1S/C20H22FN3O6S/c1-4-10-22-31(27,28)18-12-14(6-8-15(18)21)20(26)24-23-19(25)13-7-9-16(30-5-2)17(11-13)29-3/h4,6-9,11-12,22H,1,5,10H2,2-3H3,(H,23,25)(H,24,26). The molecule has 31 heavy (non-hydrogen) atoms. The summed E-state index contributed by atoms with van der Waals surface area (Å²) in [6.45, 7) is 5.48. The van der Waals surface area contributed by atoms with E-state index in [-0.39, 0.29) is 17.7 Å². The number of carbonyl (C=O) groups excluding carboxylic acids is 2. The van der Waals surface area contributed by atoms with Crippen molar-refractivity contribution in [1.29, 1.82) is 0 Å². The molecule has 0 unspecified atom stereocenters. The third kappa shape index (κ3) is 6.03. The number of nitrogens with one attached hydrogen (secondary N) is 3. The Morgan fingerprint density at radius 1 is 1.06 bits per heavy atom. The lowest BCUT2D eigenvalue weighted by atomic mass is 10.2. The minimum atomic E-state index is -4.19. The molecule has 0 aromatic heterocycles. The highest BCUT2D eigenvalue weighted by atomic mass is 32.2. The molecule has 0 spiro atoms. The minimum absolute atomic E-state index is 0.111. The first kappa shape index (κ1) is 23.8. The number of hydrogen-bond acceptors (Lipinski definition) is 6. The number of hydrazine groups is 1. The molecule has 0 bridgehead atoms. The van der Waals surface area contributed by atoms with Gasteiger partial charge < -0.3 is 9.47 Å². The number of hydrogen-bond donors (Lipinski definition) is 3. The lowest BCUT2D eigenvalue weighted by Crippen LogP contribution is -2.41. The number of sulfonamides is 1. The monoisotopic (exact) mass is 451 g/mol. The smallest absolute Gasteiger partial charge is 0.269 e. The maximum absolute atomic E-state index is 14.0. The van der Waals surface area contributed by atoms with E-state index in [2.05, 4.69) is 22.2 Å². The van der Waals surface area contributed by atoms with Crippen molar-refractivity contribution in [1.82, 2.24) is 15.6 Å². The SMILES string of the molecule is C=CCNS(=O)(=O)c1cc(C(=O)NNC(=O)c2ccc(OCC)c(OC)c2)ccc1F. The van der Waals surface area contributed by atoms with Crippen LogP contribution >= 0.6 is 0 Å². The fraction of sp³-hybridized carbons (Fsp3) is 0.200. The van der Waals surface area contributed by atoms with Crippen molar-refractivity contribution < 1.29 is 31.9 Å². The predicted molar refractivity (Wildman–Crippen MR) is 111 cm³/mol. The van der Waals surface area contributed by atoms with Gasteiger partial charge in [-0.25, -0.2) is 17.5 Å². The van der Waals surface area contributed by atoms with Crippen LogP contribution in [0.1, 0.15) is 27.6 Å². The topological polar surface area (TPSA) is 123 Å². The molecule has 9 nitrogen and oxygen atoms in total. The first-order chi connectivity index (χ1) is 14.7. The van der Waals surface area contributed by atoms with E-state index < -0.39 is 32.6 Å². The first-order valence-electron chi connectivity index (χ1n) is 9.05. The average molecular weight is 451 g/mol. The number of carbonyl (C=O) groups is 2. The highest BCUT2D eigenvalue weighted by molar-refractivity contribution is 7.89. The van der Waals surface area contributed by atoms with Gasteiger partial charge in [0, 0.05) is 17.7 Å². The van der Waals surface area contributed by atoms with Gasteiger partial charge in [-0.2, -0.15) is 0 Å². The molecule has 2 aromatic rings. The number of amides is 2. The maximum atomic E-state index is 14.0. The van der Waals surface area contributed by atoms with Crippen molar-refractivity contribution in [2.75, 3.05) is 20.3 Å². The molecule has 166 valence electrons. The summed E-state index contributed by atoms with van der Waals surface area (Å²) in [4.78, 5) is 23.9. The van der Waals surface area contributed by atoms with Gasteiger partial charge in [0.25, 0.3) is 11.8 Å². The van der Waals surface area contributed by atoms with Gasteiger partial charge in [0.2, 0.25) is 10.0 Å². The molecular formula is C20H22FN3O6S. The van der Waals surface area contributed by atoms with Gasteiger partial charge in [0.15, 0.2) is 11.5 Å². The molecule has 0 heterocycles. The normalized spacial score (nSPS) is 10.8. The van der Waals surface area contributed by atoms with E-state index in [1.165, 1.54) is 25.3 Å². The summed E-state index contributed by atoms with van der Waals surface area (Å²) in [6.07, 6.45) is 1.29. The van der Waals surface area contributed by atoms with E-state index >= 15 is 0 Å². The van der Waals surface area contributed by atoms with Gasteiger partial charge in [-0.15, -0.1) is 6.58 Å². The van der Waals surface area contributed by atoms with Crippen LogP contribution in [0, 0.1) is 5.82 Å². The average Bonchev–Trinajstić information content (AvgIpc) is 2.76. The summed E-state index contributed by atoms with van der Waals surface area (Å²) in [5.74, 6) is -1.74. The van der Waals surface area contributed by atoms with E-state index in [1.807, 2.05) is 0 Å². The Morgan fingerprint density at radius 2 is 1.68 bits per heavy atom. The fourth-order valence-corrected chi connectivity index (χ4v) is 3.54. The second-order valence-corrected chi connectivity index (χ2v) is 7.73. The molecule has 0 radical (unpaired) electrons. The number of ether oxygens (including phenoxy) is 2. The van der Waals surface area contributed by atoms with Crippen molar-refractivity contribution in [3.05, 3.63) is 66.0 Å². The van der Waals surface area contributed by atoms with Crippen molar-refractivity contribution in [2.45, 2.75) is 11.8 Å². The van der Waals surface area contributed by atoms with Crippen LogP contribution in [-0.2, 0) is 10.0 Å². The summed E-state index contributed by atoms with van der Waals surface area (Å²) in [5.41, 5.74) is 4.35. The van der Waals surface area contributed by atoms with Gasteiger partial charge in [0.1, 0.15) is 10.7 Å². The predicted octanol–water partition coefficient (Wildman–Crippen LogP) is 1.77. The Kier molecular flexibility index (Phi) is 8.11. The van der Waals surface area contributed by atoms with Crippen molar-refractivity contribution in [3.8, 4) is 11.5 Å². The highest BCUT2D eigenvalue weighted by Gasteiger charge is 2.21. The number of rotatable bonds is 9. The second-order valence-electron chi connectivity index (χ2n) is 5.99. The Hall–Kier alpha value is -3.44. The Bertz CT molecular complexity index is 1090. The first-order valence-corrected chi connectivity index (χ1v) is 10.5. The van der Waals surface area contributed by atoms with Gasteiger partial charge in [-0.3, -0.25) is 20.4 Å². The van der Waals surface area contributed by atoms with E-state index in [1.54, 1.807) is 13.0 Å². The molecule has 0 atom stereocenters. The van der Waals surface area contributed by atoms with E-state index in [4.69, 9.17) is 9.47 Å². The quantitative estimate of drug-likeness (QED) is 0.395. The van der Waals surface area contributed by atoms with E-state index in [9.17, 15) is 22.4 Å². The Morgan fingerprint density at radius 3 is 2.26 bits per heavy atom. The zero-order valence-electron chi connectivity index (χ0n) is 16.9. The molecule has 0 aliphatic rings. The largest absolute Gasteiger partial charge is 0.493 e. The van der Waals surface area contributed by atoms with Crippen LogP contribution in [0.5, 0.6) is 11.5 Å². The van der Waals surface area contributed by atoms with Crippen LogP contribution in [0.3, 0.4) is 0 Å². The lowest BCUT2D eigenvalue weighted by molar-refractivity contribution is 0.0846. The molecule has 0 saturated heterocycles. The molecule has 3 N–H and O–H groups in total. The van der Waals surface area contributed by atoms with Crippen molar-refractivity contribution in [2.24, 2.45) is 0 Å². The highest BCUT2D eigenvalue weighted by Crippen LogP contribution is 2.28. The van der Waals surface area contributed by atoms with Crippen molar-refractivity contribution in [3.63, 3.8) is 0 Å². The third-order valence-electron chi connectivity index (χ3n) is 3.92. The summed E-state index contributed by atoms with van der Waals surface area (Å²) in [5, 5.41) is 0. The van der Waals surface area contributed by atoms with Gasteiger partial charge >= 0.3 is 0 Å². The summed E-state index contributed by atoms with van der Waals surface area (Å²) in [7, 11) is -2.77. The Balaban J connectivity index is 2.13. The molecular weight excluding hydrogens is 429 g/mol. The number of halogens is 1. The molecule has 11 heteroatoms. The molecule has 0 saturated carbocycles. The number of benzene rings is 2. The van der Waals surface area contributed by atoms with Crippen LogP contribution in [0.4, 0.5) is 4.39 Å². The van der Waals surface area contributed by atoms with Crippen LogP contribution in [-0.4, -0.2) is 40.5 Å².